The number of benzene rings is 2. The van der Waals surface area contributed by atoms with E-state index in [0.29, 0.717) is 0 Å². The first-order chi connectivity index (χ1) is 13.2. The number of nitrogens with two attached hydrogens (primary N) is 1. The average molecular weight is 364 g/mol. The molecular formula is C24H33N3. The molecule has 0 radical (unpaired) electrons. The molecule has 27 heavy (non-hydrogen) atoms. The molecule has 0 atom stereocenters. The molecule has 3 rings (SSSR count). The van der Waals surface area contributed by atoms with Gasteiger partial charge in [0.2, 0.25) is 0 Å². The Bertz CT molecular complexity index is 706. The fourth-order valence-electron chi connectivity index (χ4n) is 3.56. The molecule has 1 saturated carbocycles. The average Bonchev–Trinajstić information content (AvgIpc) is 2.98. The van der Waals surface area contributed by atoms with Crippen molar-refractivity contribution in [2.75, 3.05) is 12.4 Å². The summed E-state index contributed by atoms with van der Waals surface area (Å²) in [6.45, 7) is 5.24. The van der Waals surface area contributed by atoms with E-state index in [1.807, 2.05) is 7.05 Å². The number of aliphatic imine (C=N–C) groups is 1. The first kappa shape index (κ1) is 20.8. The number of anilines is 1. The maximum absolute atomic E-state index is 4.61. The second-order valence-corrected chi connectivity index (χ2v) is 7.11. The van der Waals surface area contributed by atoms with E-state index in [4.69, 9.17) is 0 Å². The van der Waals surface area contributed by atoms with Crippen molar-refractivity contribution < 1.29 is 0 Å². The number of rotatable bonds is 3. The second-order valence-electron chi connectivity index (χ2n) is 7.11. The topological polar surface area (TPSA) is 50.4 Å². The Morgan fingerprint density at radius 3 is 2.07 bits per heavy atom. The molecule has 3 heteroatoms. The predicted molar refractivity (Wildman–Crippen MR) is 119 cm³/mol. The fourth-order valence-corrected chi connectivity index (χ4v) is 3.56. The normalized spacial score (nSPS) is 15.3. The molecule has 0 amide bonds. The first-order valence-electron chi connectivity index (χ1n) is 9.91. The lowest BCUT2D eigenvalue weighted by Gasteiger charge is -2.16. The van der Waals surface area contributed by atoms with Crippen LogP contribution in [0, 0.1) is 6.92 Å². The number of amidine groups is 1. The van der Waals surface area contributed by atoms with E-state index in [0.717, 1.165) is 23.0 Å². The van der Waals surface area contributed by atoms with Crippen molar-refractivity contribution in [2.45, 2.75) is 51.4 Å². The van der Waals surface area contributed by atoms with E-state index >= 15 is 0 Å². The van der Waals surface area contributed by atoms with Crippen LogP contribution in [0.15, 0.2) is 66.3 Å². The van der Waals surface area contributed by atoms with Gasteiger partial charge in [-0.05, 0) is 49.6 Å². The third-order valence-corrected chi connectivity index (χ3v) is 5.05. The van der Waals surface area contributed by atoms with Crippen LogP contribution in [-0.2, 0) is 0 Å². The van der Waals surface area contributed by atoms with Crippen LogP contribution < -0.4 is 11.1 Å². The molecule has 0 aromatic heterocycles. The monoisotopic (exact) mass is 363 g/mol. The Labute approximate surface area is 164 Å². The molecule has 3 N–H and O–H groups in total. The summed E-state index contributed by atoms with van der Waals surface area (Å²) in [5, 5.41) is 3.43. The molecule has 144 valence electrons. The van der Waals surface area contributed by atoms with Crippen LogP contribution in [0.2, 0.25) is 0 Å². The third kappa shape index (κ3) is 6.59. The van der Waals surface area contributed by atoms with Crippen molar-refractivity contribution >= 4 is 11.5 Å². The van der Waals surface area contributed by atoms with Gasteiger partial charge in [0.1, 0.15) is 5.84 Å². The van der Waals surface area contributed by atoms with Gasteiger partial charge in [-0.15, -0.1) is 0 Å². The molecule has 2 aromatic rings. The molecule has 0 heterocycles. The molecular weight excluding hydrogens is 330 g/mol. The lowest BCUT2D eigenvalue weighted by Crippen LogP contribution is -2.13. The minimum atomic E-state index is 0.744. The van der Waals surface area contributed by atoms with Crippen LogP contribution in [0.4, 0.5) is 5.69 Å². The van der Waals surface area contributed by atoms with Gasteiger partial charge in [-0.3, -0.25) is 4.99 Å². The Balaban J connectivity index is 0.000000817. The number of aryl methyl sites for hydroxylation is 1. The SMILES string of the molecule is C=CN.CN=C(Nc1ccc(C)cc1)c1ccc(C2CCCCCC2)cc1. The predicted octanol–water partition coefficient (Wildman–Crippen LogP) is 6.01. The van der Waals surface area contributed by atoms with Crippen LogP contribution in [0.3, 0.4) is 0 Å². The van der Waals surface area contributed by atoms with Gasteiger partial charge in [0.15, 0.2) is 0 Å². The summed E-state index contributed by atoms with van der Waals surface area (Å²) in [5.74, 6) is 1.67. The molecule has 1 aliphatic carbocycles. The van der Waals surface area contributed by atoms with E-state index in [2.05, 4.69) is 78.1 Å². The van der Waals surface area contributed by atoms with E-state index < -0.39 is 0 Å². The Hall–Kier alpha value is -2.55. The summed E-state index contributed by atoms with van der Waals surface area (Å²) < 4.78 is 0. The van der Waals surface area contributed by atoms with Crippen molar-refractivity contribution in [1.29, 1.82) is 0 Å². The van der Waals surface area contributed by atoms with Gasteiger partial charge in [0.25, 0.3) is 0 Å². The van der Waals surface area contributed by atoms with E-state index in [1.165, 1.54) is 55.9 Å². The second kappa shape index (κ2) is 11.2. The Morgan fingerprint density at radius 2 is 1.56 bits per heavy atom. The van der Waals surface area contributed by atoms with Gasteiger partial charge < -0.3 is 11.1 Å². The van der Waals surface area contributed by atoms with Crippen LogP contribution in [0.5, 0.6) is 0 Å². The Kier molecular flexibility index (Phi) is 8.63. The molecule has 2 aromatic carbocycles. The fraction of sp³-hybridized carbons (Fsp3) is 0.375. The van der Waals surface area contributed by atoms with E-state index in [9.17, 15) is 0 Å². The largest absolute Gasteiger partial charge is 0.405 e. The van der Waals surface area contributed by atoms with Crippen molar-refractivity contribution in [3.63, 3.8) is 0 Å². The van der Waals surface area contributed by atoms with Gasteiger partial charge in [0.05, 0.1) is 0 Å². The maximum Gasteiger partial charge on any atom is 0.132 e. The highest BCUT2D eigenvalue weighted by Gasteiger charge is 2.14. The summed E-state index contributed by atoms with van der Waals surface area (Å²) in [4.78, 5) is 4.44. The third-order valence-electron chi connectivity index (χ3n) is 5.05. The number of hydrogen-bond donors (Lipinski definition) is 2. The molecule has 1 aliphatic rings. The summed E-state index contributed by atoms with van der Waals surface area (Å²) >= 11 is 0. The number of nitrogens with zero attached hydrogens (tertiary/aromatic N) is 1. The summed E-state index contributed by atoms with van der Waals surface area (Å²) in [7, 11) is 1.84. The minimum Gasteiger partial charge on any atom is -0.405 e. The highest BCUT2D eigenvalue weighted by Crippen LogP contribution is 2.31. The molecule has 0 unspecified atom stereocenters. The van der Waals surface area contributed by atoms with E-state index in [-0.39, 0.29) is 0 Å². The van der Waals surface area contributed by atoms with Gasteiger partial charge in [-0.1, -0.05) is 74.2 Å². The molecule has 1 fully saturated rings. The van der Waals surface area contributed by atoms with Crippen LogP contribution >= 0.6 is 0 Å². The number of hydrogen-bond acceptors (Lipinski definition) is 2. The number of nitrogens with one attached hydrogen (secondary N) is 1. The standard InChI is InChI=1S/C22H28N2.C2H5N/c1-17-9-15-21(16-10-17)24-22(23-2)20-13-11-19(12-14-20)18-7-5-3-4-6-8-18;1-2-3/h9-16,18H,3-8H2,1-2H3,(H,23,24);2H,1,3H2. The summed E-state index contributed by atoms with van der Waals surface area (Å²) in [6, 6.07) is 17.4. The summed E-state index contributed by atoms with van der Waals surface area (Å²) in [6.07, 6.45) is 9.50. The van der Waals surface area contributed by atoms with Crippen LogP contribution in [0.1, 0.15) is 61.1 Å². The smallest absolute Gasteiger partial charge is 0.132 e. The molecule has 0 bridgehead atoms. The lowest BCUT2D eigenvalue weighted by molar-refractivity contribution is 0.592. The molecule has 3 nitrogen and oxygen atoms in total. The lowest BCUT2D eigenvalue weighted by atomic mass is 9.91. The zero-order valence-corrected chi connectivity index (χ0v) is 16.7. The van der Waals surface area contributed by atoms with Crippen LogP contribution in [-0.4, -0.2) is 12.9 Å². The van der Waals surface area contributed by atoms with Crippen molar-refractivity contribution in [3.05, 3.63) is 78.0 Å². The molecule has 0 aliphatic heterocycles. The van der Waals surface area contributed by atoms with Gasteiger partial charge >= 0.3 is 0 Å². The van der Waals surface area contributed by atoms with Crippen molar-refractivity contribution in [1.82, 2.24) is 0 Å². The van der Waals surface area contributed by atoms with Gasteiger partial charge in [-0.2, -0.15) is 0 Å². The van der Waals surface area contributed by atoms with Gasteiger partial charge in [0, 0.05) is 18.3 Å². The zero-order chi connectivity index (χ0) is 19.5. The Morgan fingerprint density at radius 1 is 1.00 bits per heavy atom. The maximum atomic E-state index is 4.61. The highest BCUT2D eigenvalue weighted by molar-refractivity contribution is 6.08. The van der Waals surface area contributed by atoms with Crippen LogP contribution in [0.25, 0.3) is 0 Å². The summed E-state index contributed by atoms with van der Waals surface area (Å²) in [5.41, 5.74) is 9.60. The van der Waals surface area contributed by atoms with Crippen molar-refractivity contribution in [3.8, 4) is 0 Å². The highest BCUT2D eigenvalue weighted by atomic mass is 15.0. The molecule has 0 spiro atoms. The van der Waals surface area contributed by atoms with Gasteiger partial charge in [-0.25, -0.2) is 0 Å². The minimum absolute atomic E-state index is 0.744. The zero-order valence-electron chi connectivity index (χ0n) is 16.7. The molecule has 0 saturated heterocycles. The van der Waals surface area contributed by atoms with E-state index in [1.54, 1.807) is 0 Å². The van der Waals surface area contributed by atoms with Crippen molar-refractivity contribution in [2.24, 2.45) is 10.7 Å². The quantitative estimate of drug-likeness (QED) is 0.398. The first-order valence-corrected chi connectivity index (χ1v) is 9.91.